The molecule has 1 amide bonds. The Morgan fingerprint density at radius 3 is 2.67 bits per heavy atom. The number of nitrogens with one attached hydrogen (secondary N) is 1. The van der Waals surface area contributed by atoms with Gasteiger partial charge in [0.15, 0.2) is 0 Å². The van der Waals surface area contributed by atoms with Gasteiger partial charge in [0.1, 0.15) is 5.15 Å². The zero-order chi connectivity index (χ0) is 15.6. The molecule has 0 aliphatic carbocycles. The number of nitrogens with zero attached hydrogens (tertiary/aromatic N) is 3. The monoisotopic (exact) mass is 306 g/mol. The summed E-state index contributed by atoms with van der Waals surface area (Å²) in [5.74, 6) is -0.0917. The molecule has 5 nitrogen and oxygen atoms in total. The van der Waals surface area contributed by atoms with Crippen LogP contribution in [-0.2, 0) is 12.0 Å². The molecular weight excluding hydrogens is 288 g/mol. The van der Waals surface area contributed by atoms with Gasteiger partial charge in [0.05, 0.1) is 6.20 Å². The van der Waals surface area contributed by atoms with Gasteiger partial charge in [0, 0.05) is 42.0 Å². The zero-order valence-corrected chi connectivity index (χ0v) is 13.4. The van der Waals surface area contributed by atoms with Gasteiger partial charge in [0.25, 0.3) is 5.91 Å². The van der Waals surface area contributed by atoms with Crippen LogP contribution < -0.4 is 0 Å². The molecule has 0 aliphatic heterocycles. The Kier molecular flexibility index (Phi) is 4.32. The zero-order valence-electron chi connectivity index (χ0n) is 12.6. The highest BCUT2D eigenvalue weighted by molar-refractivity contribution is 6.29. The maximum Gasteiger partial charge on any atom is 0.254 e. The van der Waals surface area contributed by atoms with E-state index in [1.165, 1.54) is 0 Å². The van der Waals surface area contributed by atoms with E-state index in [2.05, 4.69) is 15.2 Å². The smallest absolute Gasteiger partial charge is 0.254 e. The Morgan fingerprint density at radius 1 is 1.38 bits per heavy atom. The van der Waals surface area contributed by atoms with Crippen LogP contribution in [-0.4, -0.2) is 33.0 Å². The fourth-order valence-corrected chi connectivity index (χ4v) is 2.14. The SMILES string of the molecule is CN(Cc1cn[nH]c1)C(=O)c1cc(Cl)nc(C(C)(C)C)c1. The molecule has 0 atom stereocenters. The number of carbonyl (C=O) groups is 1. The lowest BCUT2D eigenvalue weighted by Gasteiger charge is -2.21. The number of H-pyrrole nitrogens is 1. The van der Waals surface area contributed by atoms with Crippen molar-refractivity contribution in [2.24, 2.45) is 0 Å². The number of rotatable bonds is 3. The van der Waals surface area contributed by atoms with Gasteiger partial charge in [-0.1, -0.05) is 32.4 Å². The molecule has 0 fully saturated rings. The van der Waals surface area contributed by atoms with Crippen LogP contribution in [0.4, 0.5) is 0 Å². The Morgan fingerprint density at radius 2 is 2.10 bits per heavy atom. The molecule has 0 radical (unpaired) electrons. The molecule has 0 unspecified atom stereocenters. The average molecular weight is 307 g/mol. The summed E-state index contributed by atoms with van der Waals surface area (Å²) in [6, 6.07) is 3.41. The van der Waals surface area contributed by atoms with Crippen molar-refractivity contribution >= 4 is 17.5 Å². The second-order valence-electron chi connectivity index (χ2n) is 6.08. The van der Waals surface area contributed by atoms with Gasteiger partial charge in [0.2, 0.25) is 0 Å². The number of pyridine rings is 1. The Balaban J connectivity index is 2.24. The summed E-state index contributed by atoms with van der Waals surface area (Å²) in [7, 11) is 1.75. The Bertz CT molecular complexity index is 632. The molecule has 112 valence electrons. The molecule has 2 heterocycles. The highest BCUT2D eigenvalue weighted by atomic mass is 35.5. The summed E-state index contributed by atoms with van der Waals surface area (Å²) in [5.41, 5.74) is 2.13. The molecule has 2 aromatic heterocycles. The highest BCUT2D eigenvalue weighted by Crippen LogP contribution is 2.24. The molecule has 1 N–H and O–H groups in total. The highest BCUT2D eigenvalue weighted by Gasteiger charge is 2.20. The number of carbonyl (C=O) groups excluding carboxylic acids is 1. The molecule has 0 bridgehead atoms. The van der Waals surface area contributed by atoms with Crippen LogP contribution in [0, 0.1) is 0 Å². The van der Waals surface area contributed by atoms with E-state index in [4.69, 9.17) is 11.6 Å². The molecule has 21 heavy (non-hydrogen) atoms. The first-order chi connectivity index (χ1) is 9.77. The molecule has 2 aromatic rings. The molecule has 2 rings (SSSR count). The number of hydrogen-bond donors (Lipinski definition) is 1. The van der Waals surface area contributed by atoms with Gasteiger partial charge in [-0.05, 0) is 12.1 Å². The lowest BCUT2D eigenvalue weighted by molar-refractivity contribution is 0.0785. The molecular formula is C15H19ClN4O. The minimum absolute atomic E-state index is 0.0917. The second-order valence-corrected chi connectivity index (χ2v) is 6.47. The lowest BCUT2D eigenvalue weighted by Crippen LogP contribution is -2.27. The summed E-state index contributed by atoms with van der Waals surface area (Å²) in [6.45, 7) is 6.60. The third-order valence-electron chi connectivity index (χ3n) is 3.13. The van der Waals surface area contributed by atoms with Crippen LogP contribution in [0.15, 0.2) is 24.5 Å². The predicted molar refractivity (Wildman–Crippen MR) is 82.3 cm³/mol. The first kappa shape index (κ1) is 15.5. The summed E-state index contributed by atoms with van der Waals surface area (Å²) >= 11 is 6.05. The van der Waals surface area contributed by atoms with Crippen molar-refractivity contribution in [3.05, 3.63) is 46.5 Å². The first-order valence-electron chi connectivity index (χ1n) is 6.68. The molecule has 0 aromatic carbocycles. The van der Waals surface area contributed by atoms with Crippen LogP contribution >= 0.6 is 11.6 Å². The number of aromatic nitrogens is 3. The van der Waals surface area contributed by atoms with E-state index in [1.807, 2.05) is 20.8 Å². The van der Waals surface area contributed by atoms with E-state index >= 15 is 0 Å². The quantitative estimate of drug-likeness (QED) is 0.887. The maximum atomic E-state index is 12.5. The fourth-order valence-electron chi connectivity index (χ4n) is 1.93. The third-order valence-corrected chi connectivity index (χ3v) is 3.32. The van der Waals surface area contributed by atoms with Crippen molar-refractivity contribution in [1.82, 2.24) is 20.1 Å². The summed E-state index contributed by atoms with van der Waals surface area (Å²) in [5, 5.41) is 6.94. The van der Waals surface area contributed by atoms with E-state index in [9.17, 15) is 4.79 Å². The van der Waals surface area contributed by atoms with Gasteiger partial charge >= 0.3 is 0 Å². The van der Waals surface area contributed by atoms with Crippen molar-refractivity contribution in [1.29, 1.82) is 0 Å². The minimum Gasteiger partial charge on any atom is -0.337 e. The Hall–Kier alpha value is -1.88. The molecule has 6 heteroatoms. The van der Waals surface area contributed by atoms with Gasteiger partial charge < -0.3 is 4.90 Å². The number of halogens is 1. The van der Waals surface area contributed by atoms with E-state index in [1.54, 1.807) is 36.5 Å². The molecule has 0 saturated heterocycles. The minimum atomic E-state index is -0.164. The number of hydrogen-bond acceptors (Lipinski definition) is 3. The first-order valence-corrected chi connectivity index (χ1v) is 7.06. The van der Waals surface area contributed by atoms with Gasteiger partial charge in [-0.15, -0.1) is 0 Å². The average Bonchev–Trinajstić information content (AvgIpc) is 2.88. The van der Waals surface area contributed by atoms with Crippen LogP contribution in [0.2, 0.25) is 5.15 Å². The van der Waals surface area contributed by atoms with Crippen molar-refractivity contribution < 1.29 is 4.79 Å². The topological polar surface area (TPSA) is 61.9 Å². The van der Waals surface area contributed by atoms with E-state index < -0.39 is 0 Å². The van der Waals surface area contributed by atoms with E-state index in [-0.39, 0.29) is 11.3 Å². The Labute approximate surface area is 129 Å². The normalized spacial score (nSPS) is 11.5. The van der Waals surface area contributed by atoms with Crippen molar-refractivity contribution in [3.8, 4) is 0 Å². The van der Waals surface area contributed by atoms with E-state index in [0.717, 1.165) is 11.3 Å². The standard InChI is InChI=1S/C15H19ClN4O/c1-15(2,3)12-5-11(6-13(16)19-12)14(21)20(4)9-10-7-17-18-8-10/h5-8H,9H2,1-4H3,(H,17,18). The van der Waals surface area contributed by atoms with Crippen LogP contribution in [0.5, 0.6) is 0 Å². The van der Waals surface area contributed by atoms with Crippen LogP contribution in [0.25, 0.3) is 0 Å². The van der Waals surface area contributed by atoms with Crippen molar-refractivity contribution in [3.63, 3.8) is 0 Å². The second kappa shape index (κ2) is 5.85. The number of amides is 1. The van der Waals surface area contributed by atoms with Gasteiger partial charge in [-0.2, -0.15) is 5.10 Å². The van der Waals surface area contributed by atoms with Gasteiger partial charge in [-0.3, -0.25) is 9.89 Å². The molecule has 0 aliphatic rings. The summed E-state index contributed by atoms with van der Waals surface area (Å²) in [6.07, 6.45) is 3.47. The summed E-state index contributed by atoms with van der Waals surface area (Å²) < 4.78 is 0. The largest absolute Gasteiger partial charge is 0.337 e. The maximum absolute atomic E-state index is 12.5. The fraction of sp³-hybridized carbons (Fsp3) is 0.400. The van der Waals surface area contributed by atoms with Crippen LogP contribution in [0.1, 0.15) is 42.4 Å². The van der Waals surface area contributed by atoms with E-state index in [0.29, 0.717) is 17.3 Å². The number of aromatic amines is 1. The van der Waals surface area contributed by atoms with Gasteiger partial charge in [-0.25, -0.2) is 4.98 Å². The van der Waals surface area contributed by atoms with Crippen molar-refractivity contribution in [2.75, 3.05) is 7.05 Å². The van der Waals surface area contributed by atoms with Crippen LogP contribution in [0.3, 0.4) is 0 Å². The molecule has 0 spiro atoms. The van der Waals surface area contributed by atoms with Crippen molar-refractivity contribution in [2.45, 2.75) is 32.7 Å². The predicted octanol–water partition coefficient (Wildman–Crippen LogP) is 3.03. The third kappa shape index (κ3) is 3.82. The summed E-state index contributed by atoms with van der Waals surface area (Å²) in [4.78, 5) is 18.4. The molecule has 0 saturated carbocycles. The lowest BCUT2D eigenvalue weighted by atomic mass is 9.91.